The average Bonchev–Trinajstić information content (AvgIpc) is 3.34. The van der Waals surface area contributed by atoms with Crippen molar-refractivity contribution < 1.29 is 4.52 Å². The summed E-state index contributed by atoms with van der Waals surface area (Å²) in [7, 11) is 0. The number of hydrogen-bond acceptors (Lipinski definition) is 5. The first-order valence-corrected chi connectivity index (χ1v) is 9.10. The van der Waals surface area contributed by atoms with E-state index in [2.05, 4.69) is 58.5 Å². The highest BCUT2D eigenvalue weighted by molar-refractivity contribution is 5.50. The maximum Gasteiger partial charge on any atom is 0.243 e. The van der Waals surface area contributed by atoms with Crippen LogP contribution in [-0.2, 0) is 0 Å². The number of benzene rings is 1. The number of likely N-dealkylation sites (tertiary alicyclic amines) is 1. The number of aromatic nitrogens is 2. The molecule has 1 aromatic carbocycles. The minimum Gasteiger partial charge on any atom is -0.382 e. The summed E-state index contributed by atoms with van der Waals surface area (Å²) in [5, 5.41) is 7.85. The van der Waals surface area contributed by atoms with Crippen LogP contribution in [0.3, 0.4) is 0 Å². The lowest BCUT2D eigenvalue weighted by molar-refractivity contribution is 0.140. The molecule has 5 nitrogen and oxygen atoms in total. The number of para-hydroxylation sites is 1. The first-order chi connectivity index (χ1) is 11.7. The van der Waals surface area contributed by atoms with Crippen molar-refractivity contribution in [3.05, 3.63) is 41.5 Å². The van der Waals surface area contributed by atoms with Crippen LogP contribution in [0, 0.1) is 6.92 Å². The fourth-order valence-corrected chi connectivity index (χ4v) is 3.47. The highest BCUT2D eigenvalue weighted by Crippen LogP contribution is 2.38. The van der Waals surface area contributed by atoms with Gasteiger partial charge in [0.2, 0.25) is 5.89 Å². The molecule has 1 atom stereocenters. The third kappa shape index (κ3) is 3.31. The molecule has 1 aliphatic carbocycles. The van der Waals surface area contributed by atoms with Gasteiger partial charge in [-0.15, -0.1) is 0 Å². The second kappa shape index (κ2) is 6.55. The average molecular weight is 326 g/mol. The van der Waals surface area contributed by atoms with Crippen LogP contribution in [0.2, 0.25) is 0 Å². The van der Waals surface area contributed by atoms with Gasteiger partial charge in [-0.3, -0.25) is 4.90 Å². The topological polar surface area (TPSA) is 54.2 Å². The van der Waals surface area contributed by atoms with Crippen molar-refractivity contribution in [2.24, 2.45) is 0 Å². The minimum atomic E-state index is 0.212. The number of piperidine rings is 1. The van der Waals surface area contributed by atoms with Crippen molar-refractivity contribution >= 4 is 5.69 Å². The summed E-state index contributed by atoms with van der Waals surface area (Å²) in [6, 6.07) is 9.27. The van der Waals surface area contributed by atoms with Crippen molar-refractivity contribution in [3.8, 4) is 0 Å². The summed E-state index contributed by atoms with van der Waals surface area (Å²) < 4.78 is 5.50. The van der Waals surface area contributed by atoms with Gasteiger partial charge in [0, 0.05) is 30.7 Å². The molecule has 5 heteroatoms. The predicted molar refractivity (Wildman–Crippen MR) is 94.1 cm³/mol. The molecule has 0 amide bonds. The van der Waals surface area contributed by atoms with Gasteiger partial charge in [0.1, 0.15) is 0 Å². The molecule has 1 N–H and O–H groups in total. The second-order valence-electron chi connectivity index (χ2n) is 7.21. The molecule has 4 rings (SSSR count). The highest BCUT2D eigenvalue weighted by atomic mass is 16.5. The van der Waals surface area contributed by atoms with Crippen molar-refractivity contribution in [3.63, 3.8) is 0 Å². The van der Waals surface area contributed by atoms with E-state index < -0.39 is 0 Å². The quantitative estimate of drug-likeness (QED) is 0.903. The maximum atomic E-state index is 5.50. The van der Waals surface area contributed by atoms with Crippen LogP contribution < -0.4 is 5.32 Å². The molecular formula is C19H26N4O. The summed E-state index contributed by atoms with van der Waals surface area (Å²) in [5.41, 5.74) is 2.57. The first kappa shape index (κ1) is 15.6. The highest BCUT2D eigenvalue weighted by Gasteiger charge is 2.31. The molecule has 0 radical (unpaired) electrons. The standard InChI is InChI=1S/C19H26N4O/c1-13-5-3-4-6-17(13)20-16-9-11-23(12-10-16)14(2)19-21-18(22-24-19)15-7-8-15/h3-6,14-16,20H,7-12H2,1-2H3/t14-/m1/s1. The fourth-order valence-electron chi connectivity index (χ4n) is 3.47. The largest absolute Gasteiger partial charge is 0.382 e. The zero-order chi connectivity index (χ0) is 16.5. The number of anilines is 1. The second-order valence-corrected chi connectivity index (χ2v) is 7.21. The monoisotopic (exact) mass is 326 g/mol. The summed E-state index contributed by atoms with van der Waals surface area (Å²) >= 11 is 0. The summed E-state index contributed by atoms with van der Waals surface area (Å²) in [6.07, 6.45) is 4.71. The van der Waals surface area contributed by atoms with E-state index >= 15 is 0 Å². The number of hydrogen-bond donors (Lipinski definition) is 1. The molecule has 1 aliphatic heterocycles. The van der Waals surface area contributed by atoms with Crippen LogP contribution in [0.15, 0.2) is 28.8 Å². The van der Waals surface area contributed by atoms with Crippen LogP contribution in [0.25, 0.3) is 0 Å². The van der Waals surface area contributed by atoms with Gasteiger partial charge in [-0.1, -0.05) is 23.4 Å². The van der Waals surface area contributed by atoms with Crippen LogP contribution in [-0.4, -0.2) is 34.2 Å². The van der Waals surface area contributed by atoms with Gasteiger partial charge in [-0.25, -0.2) is 0 Å². The summed E-state index contributed by atoms with van der Waals surface area (Å²) in [5.74, 6) is 2.24. The normalized spacial score (nSPS) is 20.9. The van der Waals surface area contributed by atoms with Gasteiger partial charge in [-0.05, 0) is 51.2 Å². The van der Waals surface area contributed by atoms with Crippen LogP contribution in [0.1, 0.15) is 61.8 Å². The van der Waals surface area contributed by atoms with E-state index in [-0.39, 0.29) is 6.04 Å². The molecule has 1 aromatic heterocycles. The third-order valence-corrected chi connectivity index (χ3v) is 5.34. The number of rotatable bonds is 5. The smallest absolute Gasteiger partial charge is 0.243 e. The molecule has 1 saturated carbocycles. The van der Waals surface area contributed by atoms with E-state index in [0.717, 1.165) is 37.6 Å². The van der Waals surface area contributed by atoms with E-state index in [1.54, 1.807) is 0 Å². The fraction of sp³-hybridized carbons (Fsp3) is 0.579. The number of aryl methyl sites for hydroxylation is 1. The van der Waals surface area contributed by atoms with Crippen molar-refractivity contribution in [2.45, 2.75) is 57.5 Å². The van der Waals surface area contributed by atoms with E-state index in [1.165, 1.54) is 24.1 Å². The minimum absolute atomic E-state index is 0.212. The Hall–Kier alpha value is -1.88. The molecule has 0 bridgehead atoms. The lowest BCUT2D eigenvalue weighted by atomic mass is 10.0. The molecule has 24 heavy (non-hydrogen) atoms. The SMILES string of the molecule is Cc1ccccc1NC1CCN([C@H](C)c2nc(C3CC3)no2)CC1. The Labute approximate surface area is 143 Å². The maximum absolute atomic E-state index is 5.50. The van der Waals surface area contributed by atoms with Gasteiger partial charge >= 0.3 is 0 Å². The van der Waals surface area contributed by atoms with Gasteiger partial charge in [0.15, 0.2) is 5.82 Å². The van der Waals surface area contributed by atoms with Crippen LogP contribution >= 0.6 is 0 Å². The molecular weight excluding hydrogens is 300 g/mol. The number of nitrogens with one attached hydrogen (secondary N) is 1. The molecule has 0 unspecified atom stereocenters. The molecule has 2 fully saturated rings. The molecule has 0 spiro atoms. The van der Waals surface area contributed by atoms with E-state index in [4.69, 9.17) is 4.52 Å². The van der Waals surface area contributed by atoms with E-state index in [1.807, 2.05) is 0 Å². The predicted octanol–water partition coefficient (Wildman–Crippen LogP) is 3.89. The Morgan fingerprint density at radius 2 is 1.92 bits per heavy atom. The Bertz CT molecular complexity index is 686. The van der Waals surface area contributed by atoms with Crippen molar-refractivity contribution in [2.75, 3.05) is 18.4 Å². The van der Waals surface area contributed by atoms with Gasteiger partial charge in [0.25, 0.3) is 0 Å². The zero-order valence-corrected chi connectivity index (χ0v) is 14.5. The van der Waals surface area contributed by atoms with E-state index in [9.17, 15) is 0 Å². The molecule has 2 aliphatic rings. The molecule has 2 heterocycles. The first-order valence-electron chi connectivity index (χ1n) is 9.10. The van der Waals surface area contributed by atoms with Crippen LogP contribution in [0.5, 0.6) is 0 Å². The van der Waals surface area contributed by atoms with Gasteiger partial charge in [0.05, 0.1) is 6.04 Å². The van der Waals surface area contributed by atoms with Crippen molar-refractivity contribution in [1.29, 1.82) is 0 Å². The molecule has 2 aromatic rings. The molecule has 128 valence electrons. The third-order valence-electron chi connectivity index (χ3n) is 5.34. The number of nitrogens with zero attached hydrogens (tertiary/aromatic N) is 3. The zero-order valence-electron chi connectivity index (χ0n) is 14.5. The Balaban J connectivity index is 1.32. The lowest BCUT2D eigenvalue weighted by Crippen LogP contribution is -2.40. The Morgan fingerprint density at radius 3 is 2.62 bits per heavy atom. The Kier molecular flexibility index (Phi) is 4.27. The Morgan fingerprint density at radius 1 is 1.17 bits per heavy atom. The van der Waals surface area contributed by atoms with Crippen molar-refractivity contribution in [1.82, 2.24) is 15.0 Å². The van der Waals surface area contributed by atoms with Gasteiger partial charge < -0.3 is 9.84 Å². The summed E-state index contributed by atoms with van der Waals surface area (Å²) in [4.78, 5) is 7.07. The van der Waals surface area contributed by atoms with Gasteiger partial charge in [-0.2, -0.15) is 4.98 Å². The lowest BCUT2D eigenvalue weighted by Gasteiger charge is -2.35. The van der Waals surface area contributed by atoms with Crippen LogP contribution in [0.4, 0.5) is 5.69 Å². The van der Waals surface area contributed by atoms with E-state index in [0.29, 0.717) is 12.0 Å². The molecule has 1 saturated heterocycles. The summed E-state index contributed by atoms with van der Waals surface area (Å²) in [6.45, 7) is 6.46.